The summed E-state index contributed by atoms with van der Waals surface area (Å²) in [6.07, 6.45) is 3.52. The summed E-state index contributed by atoms with van der Waals surface area (Å²) >= 11 is 0. The van der Waals surface area contributed by atoms with Crippen molar-refractivity contribution in [3.8, 4) is 11.5 Å². The first kappa shape index (κ1) is 21.0. The number of carbonyl (C=O) groups excluding carboxylic acids is 1. The second kappa shape index (κ2) is 8.58. The normalized spacial score (nSPS) is 14.0. The van der Waals surface area contributed by atoms with Crippen LogP contribution in [0.25, 0.3) is 10.9 Å². The molecule has 5 heteroatoms. The SMILES string of the molecule is COc1ccc(C)c(C(=O)NC2(c3cc(OCc4ccccc4)cc4ncccc34)CC2)c1. The van der Waals surface area contributed by atoms with Crippen LogP contribution in [0.5, 0.6) is 11.5 Å². The third kappa shape index (κ3) is 4.27. The second-order valence-corrected chi connectivity index (χ2v) is 8.53. The summed E-state index contributed by atoms with van der Waals surface area (Å²) in [5.41, 5.74) is 4.11. The van der Waals surface area contributed by atoms with Crippen molar-refractivity contribution in [1.29, 1.82) is 0 Å². The van der Waals surface area contributed by atoms with E-state index < -0.39 is 5.54 Å². The Morgan fingerprint density at radius 1 is 1.00 bits per heavy atom. The average molecular weight is 439 g/mol. The Kier molecular flexibility index (Phi) is 5.47. The van der Waals surface area contributed by atoms with E-state index in [1.165, 1.54) is 0 Å². The van der Waals surface area contributed by atoms with Gasteiger partial charge in [0.2, 0.25) is 0 Å². The number of aryl methyl sites for hydroxylation is 1. The molecule has 0 bridgehead atoms. The van der Waals surface area contributed by atoms with E-state index in [-0.39, 0.29) is 5.91 Å². The zero-order valence-electron chi connectivity index (χ0n) is 18.8. The Labute approximate surface area is 193 Å². The number of rotatable bonds is 7. The Morgan fingerprint density at radius 2 is 1.82 bits per heavy atom. The highest BCUT2D eigenvalue weighted by molar-refractivity contribution is 5.97. The van der Waals surface area contributed by atoms with Gasteiger partial charge < -0.3 is 14.8 Å². The van der Waals surface area contributed by atoms with E-state index in [0.29, 0.717) is 17.9 Å². The largest absolute Gasteiger partial charge is 0.497 e. The predicted molar refractivity (Wildman–Crippen MR) is 129 cm³/mol. The van der Waals surface area contributed by atoms with Crippen LogP contribution in [0.3, 0.4) is 0 Å². The summed E-state index contributed by atoms with van der Waals surface area (Å²) < 4.78 is 11.5. The molecule has 3 aromatic carbocycles. The number of methoxy groups -OCH3 is 1. The zero-order chi connectivity index (χ0) is 22.8. The molecular weight excluding hydrogens is 412 g/mol. The number of nitrogens with zero attached hydrogens (tertiary/aromatic N) is 1. The first-order valence-electron chi connectivity index (χ1n) is 11.1. The number of aromatic nitrogens is 1. The lowest BCUT2D eigenvalue weighted by atomic mass is 9.97. The van der Waals surface area contributed by atoms with Gasteiger partial charge in [-0.25, -0.2) is 0 Å². The minimum Gasteiger partial charge on any atom is -0.497 e. The smallest absolute Gasteiger partial charge is 0.252 e. The van der Waals surface area contributed by atoms with E-state index in [4.69, 9.17) is 9.47 Å². The fourth-order valence-corrected chi connectivity index (χ4v) is 4.22. The topological polar surface area (TPSA) is 60.5 Å². The predicted octanol–water partition coefficient (Wildman–Crippen LogP) is 5.55. The van der Waals surface area contributed by atoms with Gasteiger partial charge in [-0.3, -0.25) is 9.78 Å². The molecule has 1 aliphatic rings. The van der Waals surface area contributed by atoms with Crippen LogP contribution in [0.4, 0.5) is 0 Å². The Bertz CT molecular complexity index is 1310. The molecule has 0 radical (unpaired) electrons. The summed E-state index contributed by atoms with van der Waals surface area (Å²) in [4.78, 5) is 17.8. The molecule has 1 amide bonds. The molecule has 1 saturated carbocycles. The van der Waals surface area contributed by atoms with Crippen LogP contribution in [0.15, 0.2) is 79.0 Å². The fraction of sp³-hybridized carbons (Fsp3) is 0.214. The van der Waals surface area contributed by atoms with Gasteiger partial charge in [-0.05, 0) is 60.7 Å². The Hall–Kier alpha value is -3.86. The monoisotopic (exact) mass is 438 g/mol. The van der Waals surface area contributed by atoms with Crippen LogP contribution in [0.2, 0.25) is 0 Å². The fourth-order valence-electron chi connectivity index (χ4n) is 4.22. The van der Waals surface area contributed by atoms with E-state index in [1.54, 1.807) is 19.4 Å². The third-order valence-electron chi connectivity index (χ3n) is 6.25. The number of hydrogen-bond donors (Lipinski definition) is 1. The van der Waals surface area contributed by atoms with Gasteiger partial charge in [0, 0.05) is 23.2 Å². The van der Waals surface area contributed by atoms with E-state index in [9.17, 15) is 4.79 Å². The van der Waals surface area contributed by atoms with Crippen molar-refractivity contribution in [3.63, 3.8) is 0 Å². The number of amides is 1. The van der Waals surface area contributed by atoms with Crippen LogP contribution in [-0.4, -0.2) is 18.0 Å². The summed E-state index contributed by atoms with van der Waals surface area (Å²) in [7, 11) is 1.61. The first-order chi connectivity index (χ1) is 16.1. The quantitative estimate of drug-likeness (QED) is 0.411. The molecule has 0 spiro atoms. The molecule has 1 heterocycles. The molecule has 33 heavy (non-hydrogen) atoms. The van der Waals surface area contributed by atoms with Crippen molar-refractivity contribution in [2.24, 2.45) is 0 Å². The molecule has 5 nitrogen and oxygen atoms in total. The molecule has 5 rings (SSSR count). The van der Waals surface area contributed by atoms with Crippen LogP contribution < -0.4 is 14.8 Å². The van der Waals surface area contributed by atoms with Crippen molar-refractivity contribution in [2.45, 2.75) is 31.9 Å². The van der Waals surface area contributed by atoms with Gasteiger partial charge in [-0.15, -0.1) is 0 Å². The molecule has 1 aromatic heterocycles. The Balaban J connectivity index is 1.47. The van der Waals surface area contributed by atoms with E-state index in [0.717, 1.165) is 46.2 Å². The lowest BCUT2D eigenvalue weighted by Gasteiger charge is -2.22. The van der Waals surface area contributed by atoms with Crippen molar-refractivity contribution in [2.75, 3.05) is 7.11 Å². The molecular formula is C28H26N2O3. The van der Waals surface area contributed by atoms with Crippen molar-refractivity contribution >= 4 is 16.8 Å². The van der Waals surface area contributed by atoms with Gasteiger partial charge in [0.15, 0.2) is 0 Å². The molecule has 0 unspecified atom stereocenters. The number of benzene rings is 3. The summed E-state index contributed by atoms with van der Waals surface area (Å²) in [6, 6.07) is 23.6. The molecule has 0 aliphatic heterocycles. The lowest BCUT2D eigenvalue weighted by molar-refractivity contribution is 0.0930. The van der Waals surface area contributed by atoms with Gasteiger partial charge >= 0.3 is 0 Å². The zero-order valence-corrected chi connectivity index (χ0v) is 18.8. The first-order valence-corrected chi connectivity index (χ1v) is 11.1. The molecule has 166 valence electrons. The highest BCUT2D eigenvalue weighted by Gasteiger charge is 2.47. The second-order valence-electron chi connectivity index (χ2n) is 8.53. The van der Waals surface area contributed by atoms with Crippen LogP contribution in [0.1, 0.15) is 39.9 Å². The number of fused-ring (bicyclic) bond motifs is 1. The number of pyridine rings is 1. The van der Waals surface area contributed by atoms with Crippen molar-refractivity contribution in [3.05, 3.63) is 101 Å². The van der Waals surface area contributed by atoms with Gasteiger partial charge in [0.05, 0.1) is 18.2 Å². The van der Waals surface area contributed by atoms with Crippen molar-refractivity contribution < 1.29 is 14.3 Å². The maximum absolute atomic E-state index is 13.3. The van der Waals surface area contributed by atoms with Gasteiger partial charge in [-0.2, -0.15) is 0 Å². The number of hydrogen-bond acceptors (Lipinski definition) is 4. The van der Waals surface area contributed by atoms with Crippen molar-refractivity contribution in [1.82, 2.24) is 10.3 Å². The number of nitrogens with one attached hydrogen (secondary N) is 1. The molecule has 0 saturated heterocycles. The minimum atomic E-state index is -0.431. The summed E-state index contributed by atoms with van der Waals surface area (Å²) in [5, 5.41) is 4.34. The third-order valence-corrected chi connectivity index (χ3v) is 6.25. The Morgan fingerprint density at radius 3 is 2.58 bits per heavy atom. The number of ether oxygens (including phenoxy) is 2. The van der Waals surface area contributed by atoms with E-state index >= 15 is 0 Å². The maximum Gasteiger partial charge on any atom is 0.252 e. The standard InChI is InChI=1S/C28H26N2O3/c1-19-10-11-21(32-2)15-24(19)27(31)30-28(12-13-28)25-16-22(17-26-23(25)9-6-14-29-26)33-18-20-7-4-3-5-8-20/h3-11,14-17H,12-13,18H2,1-2H3,(H,30,31). The van der Waals surface area contributed by atoms with Gasteiger partial charge in [0.25, 0.3) is 5.91 Å². The summed E-state index contributed by atoms with van der Waals surface area (Å²) in [5.74, 6) is 1.32. The van der Waals surface area contributed by atoms with Crippen LogP contribution in [-0.2, 0) is 12.1 Å². The number of carbonyl (C=O) groups is 1. The molecule has 1 aliphatic carbocycles. The molecule has 1 N–H and O–H groups in total. The van der Waals surface area contributed by atoms with Crippen LogP contribution >= 0.6 is 0 Å². The molecule has 1 fully saturated rings. The van der Waals surface area contributed by atoms with Gasteiger partial charge in [-0.1, -0.05) is 42.5 Å². The van der Waals surface area contributed by atoms with Crippen LogP contribution in [0, 0.1) is 6.92 Å². The molecule has 4 aromatic rings. The van der Waals surface area contributed by atoms with E-state index in [2.05, 4.69) is 22.4 Å². The molecule has 0 atom stereocenters. The highest BCUT2D eigenvalue weighted by Crippen LogP contribution is 2.49. The maximum atomic E-state index is 13.3. The minimum absolute atomic E-state index is 0.100. The lowest BCUT2D eigenvalue weighted by Crippen LogP contribution is -2.35. The van der Waals surface area contributed by atoms with Gasteiger partial charge in [0.1, 0.15) is 18.1 Å². The summed E-state index contributed by atoms with van der Waals surface area (Å²) in [6.45, 7) is 2.41. The highest BCUT2D eigenvalue weighted by atomic mass is 16.5. The van der Waals surface area contributed by atoms with E-state index in [1.807, 2.05) is 61.5 Å². The average Bonchev–Trinajstić information content (AvgIpc) is 3.63.